The third kappa shape index (κ3) is 3.40. The van der Waals surface area contributed by atoms with Crippen LogP contribution in [0.4, 0.5) is 0 Å². The van der Waals surface area contributed by atoms with E-state index in [2.05, 4.69) is 0 Å². The summed E-state index contributed by atoms with van der Waals surface area (Å²) in [5, 5.41) is 9.22. The number of pyridine rings is 1. The number of fused-ring (bicyclic) bond motifs is 1. The fraction of sp³-hybridized carbons (Fsp3) is 0.300. The molecule has 0 radical (unpaired) electrons. The van der Waals surface area contributed by atoms with Gasteiger partial charge < -0.3 is 9.30 Å². The largest absolute Gasteiger partial charge is 0.328 e. The van der Waals surface area contributed by atoms with Crippen molar-refractivity contribution in [2.45, 2.75) is 18.4 Å². The van der Waals surface area contributed by atoms with E-state index in [9.17, 15) is 13.7 Å². The van der Waals surface area contributed by atoms with Crippen LogP contribution in [0.2, 0.25) is 0 Å². The van der Waals surface area contributed by atoms with Gasteiger partial charge in [0, 0.05) is 12.4 Å². The van der Waals surface area contributed by atoms with Crippen LogP contribution >= 0.6 is 0 Å². The van der Waals surface area contributed by atoms with Gasteiger partial charge in [0.2, 0.25) is 10.0 Å². The lowest BCUT2D eigenvalue weighted by molar-refractivity contribution is -0.917. The molecule has 2 aromatic heterocycles. The smallest absolute Gasteiger partial charge is 0.244 e. The van der Waals surface area contributed by atoms with E-state index in [4.69, 9.17) is 4.98 Å². The second kappa shape index (κ2) is 7.36. The van der Waals surface area contributed by atoms with Crippen LogP contribution in [-0.4, -0.2) is 48.3 Å². The van der Waals surface area contributed by atoms with Gasteiger partial charge in [0.05, 0.1) is 36.6 Å². The highest BCUT2D eigenvalue weighted by Crippen LogP contribution is 2.19. The van der Waals surface area contributed by atoms with Crippen molar-refractivity contribution in [3.8, 4) is 6.07 Å². The number of piperazine rings is 1. The maximum atomic E-state index is 12.9. The summed E-state index contributed by atoms with van der Waals surface area (Å²) in [5.74, 6) is 0. The topological polar surface area (TPSA) is 82.9 Å². The van der Waals surface area contributed by atoms with E-state index < -0.39 is 10.0 Å². The molecule has 7 nitrogen and oxygen atoms in total. The first-order valence-electron chi connectivity index (χ1n) is 9.25. The molecule has 0 unspecified atom stereocenters. The van der Waals surface area contributed by atoms with E-state index in [-0.39, 0.29) is 10.5 Å². The minimum absolute atomic E-state index is 0.0942. The minimum Gasteiger partial charge on any atom is -0.328 e. The van der Waals surface area contributed by atoms with Crippen LogP contribution in [0.1, 0.15) is 16.8 Å². The predicted molar refractivity (Wildman–Crippen MR) is 104 cm³/mol. The number of nitrogens with zero attached hydrogens (tertiary/aromatic N) is 4. The summed E-state index contributed by atoms with van der Waals surface area (Å²) in [6, 6.07) is 12.4. The molecule has 28 heavy (non-hydrogen) atoms. The number of rotatable bonds is 4. The Morgan fingerprint density at radius 3 is 2.64 bits per heavy atom. The Hall–Kier alpha value is -2.73. The molecule has 1 N–H and O–H groups in total. The van der Waals surface area contributed by atoms with Crippen molar-refractivity contribution in [3.05, 3.63) is 65.6 Å². The molecule has 8 heteroatoms. The normalized spacial score (nSPS) is 16.3. The van der Waals surface area contributed by atoms with Gasteiger partial charge in [0.25, 0.3) is 0 Å². The average molecular weight is 396 g/mol. The number of nitrogens with one attached hydrogen (secondary N) is 1. The van der Waals surface area contributed by atoms with Gasteiger partial charge in [-0.1, -0.05) is 18.2 Å². The quantitative estimate of drug-likeness (QED) is 0.700. The maximum absolute atomic E-state index is 12.9. The second-order valence-electron chi connectivity index (χ2n) is 7.09. The lowest BCUT2D eigenvalue weighted by Gasteiger charge is -2.31. The molecule has 1 saturated heterocycles. The summed E-state index contributed by atoms with van der Waals surface area (Å²) in [6.45, 7) is 5.10. The van der Waals surface area contributed by atoms with Gasteiger partial charge in [-0.3, -0.25) is 0 Å². The number of aryl methyl sites for hydroxylation is 1. The summed E-state index contributed by atoms with van der Waals surface area (Å²) in [6.07, 6.45) is 4.03. The Labute approximate surface area is 164 Å². The molecule has 0 atom stereocenters. The third-order valence-electron chi connectivity index (χ3n) is 5.21. The summed E-state index contributed by atoms with van der Waals surface area (Å²) >= 11 is 0. The minimum atomic E-state index is -3.65. The summed E-state index contributed by atoms with van der Waals surface area (Å²) in [4.78, 5) is 6.12. The van der Waals surface area contributed by atoms with E-state index >= 15 is 0 Å². The predicted octanol–water partition coefficient (Wildman–Crippen LogP) is 0.604. The van der Waals surface area contributed by atoms with Crippen LogP contribution in [0.25, 0.3) is 5.65 Å². The van der Waals surface area contributed by atoms with E-state index in [0.29, 0.717) is 26.2 Å². The highest BCUT2D eigenvalue weighted by atomic mass is 32.2. The fourth-order valence-electron chi connectivity index (χ4n) is 3.69. The molecule has 3 aromatic rings. The molecule has 0 amide bonds. The van der Waals surface area contributed by atoms with Crippen molar-refractivity contribution in [3.63, 3.8) is 0 Å². The standard InChI is InChI=1S/C20H21N5O2S/c1-16-5-4-8-24-15-18(22-20(16)24)14-23-9-11-25(12-10-23)28(26,27)19-7-3-2-6-17(19)13-21/h2-8,15H,9-12,14H2,1H3/p+1. The molecule has 1 aliphatic rings. The molecular formula is C20H22N5O2S+. The van der Waals surface area contributed by atoms with Crippen LogP contribution in [0, 0.1) is 18.3 Å². The first-order valence-corrected chi connectivity index (χ1v) is 10.7. The van der Waals surface area contributed by atoms with Crippen LogP contribution in [0.3, 0.4) is 0 Å². The molecule has 0 bridgehead atoms. The molecule has 4 rings (SSSR count). The van der Waals surface area contributed by atoms with Crippen molar-refractivity contribution in [1.29, 1.82) is 5.26 Å². The van der Waals surface area contributed by atoms with Gasteiger partial charge in [-0.2, -0.15) is 9.57 Å². The van der Waals surface area contributed by atoms with Crippen molar-refractivity contribution in [2.24, 2.45) is 0 Å². The third-order valence-corrected chi connectivity index (χ3v) is 7.17. The Balaban J connectivity index is 1.45. The van der Waals surface area contributed by atoms with Crippen molar-refractivity contribution < 1.29 is 13.3 Å². The molecule has 0 aliphatic carbocycles. The van der Waals surface area contributed by atoms with Crippen LogP contribution in [-0.2, 0) is 16.6 Å². The fourth-order valence-corrected chi connectivity index (χ4v) is 5.27. The molecule has 0 spiro atoms. The second-order valence-corrected chi connectivity index (χ2v) is 9.00. The lowest BCUT2D eigenvalue weighted by atomic mass is 10.2. The Bertz CT molecular complexity index is 1150. The molecule has 1 aromatic carbocycles. The van der Waals surface area contributed by atoms with E-state index in [1.807, 2.05) is 41.9 Å². The first kappa shape index (κ1) is 18.6. The monoisotopic (exact) mass is 396 g/mol. The Morgan fingerprint density at radius 2 is 1.93 bits per heavy atom. The number of nitriles is 1. The van der Waals surface area contributed by atoms with Gasteiger partial charge in [-0.25, -0.2) is 13.4 Å². The van der Waals surface area contributed by atoms with Gasteiger partial charge in [-0.05, 0) is 30.7 Å². The molecular weight excluding hydrogens is 374 g/mol. The summed E-state index contributed by atoms with van der Waals surface area (Å²) in [5.41, 5.74) is 3.30. The van der Waals surface area contributed by atoms with Gasteiger partial charge >= 0.3 is 0 Å². The molecule has 3 heterocycles. The van der Waals surface area contributed by atoms with Gasteiger partial charge in [0.15, 0.2) is 0 Å². The zero-order valence-corrected chi connectivity index (χ0v) is 16.5. The average Bonchev–Trinajstić information content (AvgIpc) is 3.12. The summed E-state index contributed by atoms with van der Waals surface area (Å²) < 4.78 is 29.4. The number of hydrogen-bond acceptors (Lipinski definition) is 4. The van der Waals surface area contributed by atoms with Gasteiger partial charge in [0.1, 0.15) is 24.0 Å². The molecule has 1 fully saturated rings. The van der Waals surface area contributed by atoms with Crippen molar-refractivity contribution in [1.82, 2.24) is 13.7 Å². The highest BCUT2D eigenvalue weighted by Gasteiger charge is 2.32. The van der Waals surface area contributed by atoms with Crippen LogP contribution in [0.5, 0.6) is 0 Å². The number of imidazole rings is 1. The number of sulfonamides is 1. The van der Waals surface area contributed by atoms with Crippen LogP contribution < -0.4 is 4.90 Å². The highest BCUT2D eigenvalue weighted by molar-refractivity contribution is 7.89. The zero-order valence-electron chi connectivity index (χ0n) is 15.7. The van der Waals surface area contributed by atoms with E-state index in [0.717, 1.165) is 23.4 Å². The molecule has 1 aliphatic heterocycles. The Kier molecular flexibility index (Phi) is 4.89. The molecule has 144 valence electrons. The van der Waals surface area contributed by atoms with Gasteiger partial charge in [-0.15, -0.1) is 0 Å². The SMILES string of the molecule is Cc1cccn2cc(C[NH+]3CCN(S(=O)(=O)c4ccccc4C#N)CC3)nc12. The lowest BCUT2D eigenvalue weighted by Crippen LogP contribution is -3.13. The summed E-state index contributed by atoms with van der Waals surface area (Å²) in [7, 11) is -3.65. The Morgan fingerprint density at radius 1 is 1.18 bits per heavy atom. The zero-order chi connectivity index (χ0) is 19.7. The van der Waals surface area contributed by atoms with Crippen molar-refractivity contribution >= 4 is 15.7 Å². The molecule has 0 saturated carbocycles. The van der Waals surface area contributed by atoms with Crippen LogP contribution in [0.15, 0.2) is 53.7 Å². The maximum Gasteiger partial charge on any atom is 0.244 e. The van der Waals surface area contributed by atoms with E-state index in [1.165, 1.54) is 15.3 Å². The van der Waals surface area contributed by atoms with E-state index in [1.54, 1.807) is 18.2 Å². The number of aromatic nitrogens is 2. The number of hydrogen-bond donors (Lipinski definition) is 1. The van der Waals surface area contributed by atoms with Crippen molar-refractivity contribution in [2.75, 3.05) is 26.2 Å². The number of benzene rings is 1. The first-order chi connectivity index (χ1) is 13.5. The number of quaternary nitrogens is 1.